The highest BCUT2D eigenvalue weighted by Crippen LogP contribution is 2.35. The highest BCUT2D eigenvalue weighted by atomic mass is 19.4. The Bertz CT molecular complexity index is 413. The third-order valence-electron chi connectivity index (χ3n) is 3.31. The van der Waals surface area contributed by atoms with Gasteiger partial charge in [0.1, 0.15) is 5.75 Å². The van der Waals surface area contributed by atoms with Crippen LogP contribution in [0.4, 0.5) is 13.2 Å². The van der Waals surface area contributed by atoms with Crippen molar-refractivity contribution < 1.29 is 17.9 Å². The first-order valence-electron chi connectivity index (χ1n) is 5.95. The lowest BCUT2D eigenvalue weighted by atomic mass is 9.92. The fourth-order valence-electron chi connectivity index (χ4n) is 2.08. The summed E-state index contributed by atoms with van der Waals surface area (Å²) < 4.78 is 43.6. The van der Waals surface area contributed by atoms with Crippen molar-refractivity contribution in [1.82, 2.24) is 5.32 Å². The van der Waals surface area contributed by atoms with E-state index in [-0.39, 0.29) is 5.75 Å². The van der Waals surface area contributed by atoms with E-state index in [9.17, 15) is 13.2 Å². The quantitative estimate of drug-likeness (QED) is 0.897. The van der Waals surface area contributed by atoms with Gasteiger partial charge >= 0.3 is 6.18 Å². The van der Waals surface area contributed by atoms with E-state index < -0.39 is 11.7 Å². The number of rotatable bonds is 4. The molecule has 1 saturated heterocycles. The summed E-state index contributed by atoms with van der Waals surface area (Å²) in [6, 6.07) is 4.19. The molecule has 18 heavy (non-hydrogen) atoms. The number of benzene rings is 1. The Morgan fingerprint density at radius 2 is 2.06 bits per heavy atom. The molecule has 1 aliphatic heterocycles. The minimum Gasteiger partial charge on any atom is -0.497 e. The summed E-state index contributed by atoms with van der Waals surface area (Å²) in [4.78, 5) is 0. The third-order valence-corrected chi connectivity index (χ3v) is 3.31. The lowest BCUT2D eigenvalue weighted by Crippen LogP contribution is -2.42. The number of aryl methyl sites for hydroxylation is 1. The van der Waals surface area contributed by atoms with E-state index in [1.54, 1.807) is 6.07 Å². The second kappa shape index (κ2) is 5.18. The van der Waals surface area contributed by atoms with Gasteiger partial charge in [-0.2, -0.15) is 13.2 Å². The molecule has 0 amide bonds. The summed E-state index contributed by atoms with van der Waals surface area (Å²) in [5.74, 6) is 0.754. The van der Waals surface area contributed by atoms with Crippen LogP contribution in [0.15, 0.2) is 18.2 Å². The van der Waals surface area contributed by atoms with E-state index in [0.717, 1.165) is 25.6 Å². The van der Waals surface area contributed by atoms with Crippen LogP contribution in [-0.2, 0) is 12.6 Å². The zero-order valence-corrected chi connectivity index (χ0v) is 10.2. The van der Waals surface area contributed by atoms with Crippen molar-refractivity contribution in [2.75, 3.05) is 20.2 Å². The number of alkyl halides is 3. The number of halogens is 3. The molecule has 5 heteroatoms. The van der Waals surface area contributed by atoms with Gasteiger partial charge in [-0.05, 0) is 49.5 Å². The van der Waals surface area contributed by atoms with Gasteiger partial charge in [-0.15, -0.1) is 0 Å². The summed E-state index contributed by atoms with van der Waals surface area (Å²) in [6.45, 7) is 1.83. The lowest BCUT2D eigenvalue weighted by molar-refractivity contribution is -0.138. The van der Waals surface area contributed by atoms with Crippen LogP contribution in [0.2, 0.25) is 0 Å². The maximum absolute atomic E-state index is 12.9. The van der Waals surface area contributed by atoms with Gasteiger partial charge in [0.2, 0.25) is 0 Å². The van der Waals surface area contributed by atoms with Gasteiger partial charge in [0, 0.05) is 0 Å². The molecule has 1 aromatic rings. The van der Waals surface area contributed by atoms with E-state index in [2.05, 4.69) is 5.32 Å². The average Bonchev–Trinajstić information content (AvgIpc) is 2.26. The van der Waals surface area contributed by atoms with Gasteiger partial charge in [0.15, 0.2) is 0 Å². The Balaban J connectivity index is 2.16. The number of methoxy groups -OCH3 is 1. The molecule has 2 nitrogen and oxygen atoms in total. The van der Waals surface area contributed by atoms with E-state index in [0.29, 0.717) is 17.9 Å². The normalized spacial score (nSPS) is 16.4. The van der Waals surface area contributed by atoms with Gasteiger partial charge < -0.3 is 10.1 Å². The number of hydrogen-bond donors (Lipinski definition) is 1. The molecule has 0 spiro atoms. The Kier molecular flexibility index (Phi) is 3.80. The van der Waals surface area contributed by atoms with Crippen LogP contribution < -0.4 is 10.1 Å². The molecule has 0 atom stereocenters. The fraction of sp³-hybridized carbons (Fsp3) is 0.538. The number of hydrogen-bond acceptors (Lipinski definition) is 2. The van der Waals surface area contributed by atoms with Crippen LogP contribution in [0.25, 0.3) is 0 Å². The minimum absolute atomic E-state index is 0.247. The summed E-state index contributed by atoms with van der Waals surface area (Å²) in [6.07, 6.45) is -3.06. The summed E-state index contributed by atoms with van der Waals surface area (Å²) in [5.41, 5.74) is -0.218. The molecular formula is C13H16F3NO. The maximum atomic E-state index is 12.9. The van der Waals surface area contributed by atoms with E-state index in [1.807, 2.05) is 0 Å². The van der Waals surface area contributed by atoms with Gasteiger partial charge in [-0.25, -0.2) is 0 Å². The predicted molar refractivity (Wildman–Crippen MR) is 62.7 cm³/mol. The Morgan fingerprint density at radius 1 is 1.33 bits per heavy atom. The van der Waals surface area contributed by atoms with Crippen molar-refractivity contribution >= 4 is 0 Å². The van der Waals surface area contributed by atoms with Gasteiger partial charge in [-0.1, -0.05) is 6.07 Å². The Morgan fingerprint density at radius 3 is 2.56 bits per heavy atom. The molecule has 1 heterocycles. The van der Waals surface area contributed by atoms with E-state index in [1.165, 1.54) is 13.2 Å². The average molecular weight is 259 g/mol. The Labute approximate surface area is 104 Å². The fourth-order valence-corrected chi connectivity index (χ4v) is 2.08. The first kappa shape index (κ1) is 13.2. The Hall–Kier alpha value is -1.23. The smallest absolute Gasteiger partial charge is 0.416 e. The van der Waals surface area contributed by atoms with Crippen LogP contribution in [0, 0.1) is 5.92 Å². The SMILES string of the molecule is COc1ccc(CCC2CNC2)c(C(F)(F)F)c1. The molecule has 1 aromatic carbocycles. The second-order valence-electron chi connectivity index (χ2n) is 4.58. The molecule has 1 fully saturated rings. The van der Waals surface area contributed by atoms with Crippen LogP contribution in [0.1, 0.15) is 17.5 Å². The molecule has 0 aromatic heterocycles. The third kappa shape index (κ3) is 2.96. The molecule has 1 aliphatic rings. The molecule has 0 radical (unpaired) electrons. The second-order valence-corrected chi connectivity index (χ2v) is 4.58. The molecule has 2 rings (SSSR count). The summed E-state index contributed by atoms with van der Waals surface area (Å²) >= 11 is 0. The number of ether oxygens (including phenoxy) is 1. The van der Waals surface area contributed by atoms with E-state index >= 15 is 0 Å². The largest absolute Gasteiger partial charge is 0.497 e. The summed E-state index contributed by atoms with van der Waals surface area (Å²) in [5, 5.41) is 3.12. The first-order chi connectivity index (χ1) is 8.50. The van der Waals surface area contributed by atoms with Gasteiger partial charge in [0.25, 0.3) is 0 Å². The zero-order chi connectivity index (χ0) is 13.2. The van der Waals surface area contributed by atoms with Crippen LogP contribution in [-0.4, -0.2) is 20.2 Å². The van der Waals surface area contributed by atoms with Crippen molar-refractivity contribution in [1.29, 1.82) is 0 Å². The zero-order valence-electron chi connectivity index (χ0n) is 10.2. The topological polar surface area (TPSA) is 21.3 Å². The molecular weight excluding hydrogens is 243 g/mol. The van der Waals surface area contributed by atoms with Crippen LogP contribution >= 0.6 is 0 Å². The molecule has 0 bridgehead atoms. The predicted octanol–water partition coefficient (Wildman–Crippen LogP) is 2.87. The maximum Gasteiger partial charge on any atom is 0.416 e. The van der Waals surface area contributed by atoms with E-state index in [4.69, 9.17) is 4.74 Å². The van der Waals surface area contributed by atoms with Crippen molar-refractivity contribution in [3.63, 3.8) is 0 Å². The molecule has 100 valence electrons. The minimum atomic E-state index is -4.32. The molecule has 0 unspecified atom stereocenters. The van der Waals surface area contributed by atoms with Crippen LogP contribution in [0.3, 0.4) is 0 Å². The molecule has 1 N–H and O–H groups in total. The number of nitrogens with one attached hydrogen (secondary N) is 1. The summed E-state index contributed by atoms with van der Waals surface area (Å²) in [7, 11) is 1.37. The van der Waals surface area contributed by atoms with Crippen LogP contribution in [0.5, 0.6) is 5.75 Å². The highest BCUT2D eigenvalue weighted by molar-refractivity contribution is 5.37. The monoisotopic (exact) mass is 259 g/mol. The highest BCUT2D eigenvalue weighted by Gasteiger charge is 2.33. The van der Waals surface area contributed by atoms with Crippen molar-refractivity contribution in [3.05, 3.63) is 29.3 Å². The molecule has 0 aliphatic carbocycles. The molecule has 0 saturated carbocycles. The van der Waals surface area contributed by atoms with Crippen molar-refractivity contribution in [2.45, 2.75) is 19.0 Å². The van der Waals surface area contributed by atoms with Crippen molar-refractivity contribution in [3.8, 4) is 5.75 Å². The first-order valence-corrected chi connectivity index (χ1v) is 5.95. The van der Waals surface area contributed by atoms with Crippen molar-refractivity contribution in [2.24, 2.45) is 5.92 Å². The van der Waals surface area contributed by atoms with Gasteiger partial charge in [0.05, 0.1) is 12.7 Å². The standard InChI is InChI=1S/C13H16F3NO/c1-18-11-5-4-10(3-2-9-7-17-8-9)12(6-11)13(14,15)16/h4-6,9,17H,2-3,7-8H2,1H3. The van der Waals surface area contributed by atoms with Gasteiger partial charge in [-0.3, -0.25) is 0 Å². The lowest BCUT2D eigenvalue weighted by Gasteiger charge is -2.27.